The second-order valence-electron chi connectivity index (χ2n) is 5.75. The molecule has 19 heavy (non-hydrogen) atoms. The maximum Gasteiger partial charge on any atom is 0.0625 e. The molecule has 1 fully saturated rings. The highest BCUT2D eigenvalue weighted by molar-refractivity contribution is 5.11. The third kappa shape index (κ3) is 2.84. The van der Waals surface area contributed by atoms with Crippen LogP contribution in [-0.4, -0.2) is 33.3 Å². The van der Waals surface area contributed by atoms with Crippen LogP contribution in [0.5, 0.6) is 0 Å². The van der Waals surface area contributed by atoms with E-state index in [1.807, 2.05) is 11.7 Å². The SMILES string of the molecule is CCc1cc(CN(CC)C2(CN)CCCC2)n(C)n1. The summed E-state index contributed by atoms with van der Waals surface area (Å²) in [6, 6.07) is 2.24. The minimum absolute atomic E-state index is 0.228. The molecule has 0 aromatic carbocycles. The monoisotopic (exact) mass is 264 g/mol. The second-order valence-corrected chi connectivity index (χ2v) is 5.75. The highest BCUT2D eigenvalue weighted by atomic mass is 15.3. The number of rotatable bonds is 6. The fourth-order valence-electron chi connectivity index (χ4n) is 3.39. The van der Waals surface area contributed by atoms with Crippen LogP contribution in [0.15, 0.2) is 6.07 Å². The van der Waals surface area contributed by atoms with Crippen molar-refractivity contribution in [2.24, 2.45) is 12.8 Å². The van der Waals surface area contributed by atoms with Crippen molar-refractivity contribution in [1.29, 1.82) is 0 Å². The first kappa shape index (κ1) is 14.5. The summed E-state index contributed by atoms with van der Waals surface area (Å²) in [4.78, 5) is 2.57. The van der Waals surface area contributed by atoms with Crippen molar-refractivity contribution >= 4 is 0 Å². The first-order valence-electron chi connectivity index (χ1n) is 7.62. The highest BCUT2D eigenvalue weighted by Crippen LogP contribution is 2.35. The average molecular weight is 264 g/mol. The Kier molecular flexibility index (Phi) is 4.63. The second kappa shape index (κ2) is 6.06. The molecule has 0 radical (unpaired) electrons. The smallest absolute Gasteiger partial charge is 0.0625 e. The summed E-state index contributed by atoms with van der Waals surface area (Å²) in [5.74, 6) is 0. The van der Waals surface area contributed by atoms with Gasteiger partial charge < -0.3 is 5.73 Å². The van der Waals surface area contributed by atoms with Gasteiger partial charge in [-0.15, -0.1) is 0 Å². The molecular formula is C15H28N4. The van der Waals surface area contributed by atoms with E-state index < -0.39 is 0 Å². The van der Waals surface area contributed by atoms with Gasteiger partial charge in [-0.25, -0.2) is 0 Å². The molecule has 0 bridgehead atoms. The molecule has 1 aromatic rings. The number of nitrogens with zero attached hydrogens (tertiary/aromatic N) is 3. The van der Waals surface area contributed by atoms with Crippen LogP contribution in [0.25, 0.3) is 0 Å². The van der Waals surface area contributed by atoms with Gasteiger partial charge in [0, 0.05) is 25.7 Å². The molecule has 1 aliphatic rings. The Morgan fingerprint density at radius 1 is 1.37 bits per heavy atom. The Labute approximate surface area is 117 Å². The Balaban J connectivity index is 2.16. The van der Waals surface area contributed by atoms with Crippen molar-refractivity contribution < 1.29 is 0 Å². The molecule has 1 aromatic heterocycles. The molecule has 1 aliphatic carbocycles. The molecule has 1 heterocycles. The number of hydrogen-bond acceptors (Lipinski definition) is 3. The van der Waals surface area contributed by atoms with Crippen molar-refractivity contribution in [1.82, 2.24) is 14.7 Å². The van der Waals surface area contributed by atoms with Crippen LogP contribution in [0.3, 0.4) is 0 Å². The summed E-state index contributed by atoms with van der Waals surface area (Å²) in [6.45, 7) is 7.20. The van der Waals surface area contributed by atoms with Crippen LogP contribution in [0.4, 0.5) is 0 Å². The van der Waals surface area contributed by atoms with Crippen molar-refractivity contribution in [2.75, 3.05) is 13.1 Å². The Morgan fingerprint density at radius 3 is 2.53 bits per heavy atom. The van der Waals surface area contributed by atoms with Gasteiger partial charge in [-0.3, -0.25) is 9.58 Å². The van der Waals surface area contributed by atoms with Crippen LogP contribution in [0.1, 0.15) is 50.9 Å². The molecule has 0 amide bonds. The summed E-state index contributed by atoms with van der Waals surface area (Å²) in [6.07, 6.45) is 6.13. The molecule has 2 N–H and O–H groups in total. The minimum atomic E-state index is 0.228. The van der Waals surface area contributed by atoms with E-state index in [0.717, 1.165) is 26.1 Å². The lowest BCUT2D eigenvalue weighted by molar-refractivity contribution is 0.0942. The molecule has 0 saturated heterocycles. The topological polar surface area (TPSA) is 47.1 Å². The van der Waals surface area contributed by atoms with Crippen LogP contribution >= 0.6 is 0 Å². The first-order chi connectivity index (χ1) is 9.15. The predicted octanol–water partition coefficient (Wildman–Crippen LogP) is 2.08. The van der Waals surface area contributed by atoms with Gasteiger partial charge in [0.05, 0.1) is 11.4 Å². The van der Waals surface area contributed by atoms with Gasteiger partial charge in [-0.05, 0) is 31.9 Å². The van der Waals surface area contributed by atoms with Gasteiger partial charge in [0.25, 0.3) is 0 Å². The van der Waals surface area contributed by atoms with Crippen LogP contribution in [0.2, 0.25) is 0 Å². The van der Waals surface area contributed by atoms with E-state index in [-0.39, 0.29) is 5.54 Å². The fraction of sp³-hybridized carbons (Fsp3) is 0.800. The van der Waals surface area contributed by atoms with Gasteiger partial charge in [0.1, 0.15) is 0 Å². The molecule has 2 rings (SSSR count). The summed E-state index contributed by atoms with van der Waals surface area (Å²) in [7, 11) is 2.05. The summed E-state index contributed by atoms with van der Waals surface area (Å²) in [5, 5.41) is 4.55. The van der Waals surface area contributed by atoms with E-state index in [2.05, 4.69) is 29.9 Å². The molecule has 4 heteroatoms. The molecular weight excluding hydrogens is 236 g/mol. The lowest BCUT2D eigenvalue weighted by atomic mass is 9.95. The summed E-state index contributed by atoms with van der Waals surface area (Å²) >= 11 is 0. The number of nitrogens with two attached hydrogens (primary N) is 1. The van der Waals surface area contributed by atoms with Gasteiger partial charge >= 0.3 is 0 Å². The predicted molar refractivity (Wildman–Crippen MR) is 78.9 cm³/mol. The quantitative estimate of drug-likeness (QED) is 0.855. The number of hydrogen-bond donors (Lipinski definition) is 1. The largest absolute Gasteiger partial charge is 0.329 e. The molecule has 4 nitrogen and oxygen atoms in total. The van der Waals surface area contributed by atoms with Crippen LogP contribution in [0, 0.1) is 0 Å². The minimum Gasteiger partial charge on any atom is -0.329 e. The third-order valence-corrected chi connectivity index (χ3v) is 4.71. The van der Waals surface area contributed by atoms with E-state index >= 15 is 0 Å². The van der Waals surface area contributed by atoms with E-state index in [4.69, 9.17) is 5.73 Å². The Hall–Kier alpha value is -0.870. The van der Waals surface area contributed by atoms with Crippen molar-refractivity contribution in [3.8, 4) is 0 Å². The zero-order chi connectivity index (χ0) is 13.9. The van der Waals surface area contributed by atoms with Crippen LogP contribution in [-0.2, 0) is 20.0 Å². The van der Waals surface area contributed by atoms with E-state index in [1.165, 1.54) is 37.1 Å². The van der Waals surface area contributed by atoms with Gasteiger partial charge in [-0.1, -0.05) is 26.7 Å². The van der Waals surface area contributed by atoms with Gasteiger partial charge in [0.2, 0.25) is 0 Å². The average Bonchev–Trinajstić information content (AvgIpc) is 3.03. The molecule has 108 valence electrons. The van der Waals surface area contributed by atoms with Gasteiger partial charge in [-0.2, -0.15) is 5.10 Å². The first-order valence-corrected chi connectivity index (χ1v) is 7.62. The number of aryl methyl sites for hydroxylation is 2. The lowest BCUT2D eigenvalue weighted by Crippen LogP contribution is -2.51. The molecule has 0 spiro atoms. The Bertz CT molecular complexity index is 404. The van der Waals surface area contributed by atoms with Crippen LogP contribution < -0.4 is 5.73 Å². The van der Waals surface area contributed by atoms with E-state index in [9.17, 15) is 0 Å². The standard InChI is InChI=1S/C15H28N4/c1-4-13-10-14(18(3)17-13)11-19(5-2)15(12-16)8-6-7-9-15/h10H,4-9,11-12,16H2,1-3H3. The lowest BCUT2D eigenvalue weighted by Gasteiger charge is -2.40. The summed E-state index contributed by atoms with van der Waals surface area (Å²) < 4.78 is 2.03. The molecule has 0 atom stereocenters. The number of likely N-dealkylation sites (N-methyl/N-ethyl adjacent to an activating group) is 1. The zero-order valence-corrected chi connectivity index (χ0v) is 12.7. The molecule has 0 unspecified atom stereocenters. The molecule has 1 saturated carbocycles. The van der Waals surface area contributed by atoms with Crippen molar-refractivity contribution in [3.63, 3.8) is 0 Å². The van der Waals surface area contributed by atoms with Gasteiger partial charge in [0.15, 0.2) is 0 Å². The maximum absolute atomic E-state index is 6.10. The fourth-order valence-corrected chi connectivity index (χ4v) is 3.39. The highest BCUT2D eigenvalue weighted by Gasteiger charge is 2.37. The third-order valence-electron chi connectivity index (χ3n) is 4.71. The number of aromatic nitrogens is 2. The summed E-state index contributed by atoms with van der Waals surface area (Å²) in [5.41, 5.74) is 8.82. The van der Waals surface area contributed by atoms with Crippen molar-refractivity contribution in [3.05, 3.63) is 17.5 Å². The zero-order valence-electron chi connectivity index (χ0n) is 12.7. The maximum atomic E-state index is 6.10. The van der Waals surface area contributed by atoms with E-state index in [0.29, 0.717) is 0 Å². The normalized spacial score (nSPS) is 18.4. The van der Waals surface area contributed by atoms with Crippen molar-refractivity contribution in [2.45, 2.75) is 58.0 Å². The molecule has 0 aliphatic heterocycles. The Morgan fingerprint density at radius 2 is 2.05 bits per heavy atom. The van der Waals surface area contributed by atoms with E-state index in [1.54, 1.807) is 0 Å².